The molecule has 1 saturated heterocycles. The van der Waals surface area contributed by atoms with E-state index in [9.17, 15) is 9.59 Å². The van der Waals surface area contributed by atoms with Crippen LogP contribution in [0.3, 0.4) is 0 Å². The summed E-state index contributed by atoms with van der Waals surface area (Å²) in [5.74, 6) is -0.247. The van der Waals surface area contributed by atoms with E-state index in [1.807, 2.05) is 0 Å². The zero-order valence-corrected chi connectivity index (χ0v) is 7.63. The molecule has 1 amide bonds. The summed E-state index contributed by atoms with van der Waals surface area (Å²) < 4.78 is 4.72. The van der Waals surface area contributed by atoms with Crippen molar-refractivity contribution in [2.24, 2.45) is 0 Å². The lowest BCUT2D eigenvalue weighted by Crippen LogP contribution is -2.35. The molecule has 0 aromatic rings. The van der Waals surface area contributed by atoms with Gasteiger partial charge in [0.05, 0.1) is 13.2 Å². The first kappa shape index (κ1) is 9.98. The SMILES string of the molecule is CCOC(=O)CNC1CNC(=O)C1. The molecule has 0 radical (unpaired) electrons. The third kappa shape index (κ3) is 3.42. The summed E-state index contributed by atoms with van der Waals surface area (Å²) in [7, 11) is 0. The number of rotatable bonds is 4. The Morgan fingerprint density at radius 3 is 3.08 bits per heavy atom. The van der Waals surface area contributed by atoms with Gasteiger partial charge in [0.2, 0.25) is 5.91 Å². The maximum atomic E-state index is 10.9. The summed E-state index contributed by atoms with van der Waals surface area (Å²) >= 11 is 0. The van der Waals surface area contributed by atoms with Crippen LogP contribution in [-0.4, -0.2) is 37.6 Å². The molecule has 1 aliphatic heterocycles. The van der Waals surface area contributed by atoms with Crippen LogP contribution < -0.4 is 10.6 Å². The van der Waals surface area contributed by atoms with Crippen LogP contribution in [0.1, 0.15) is 13.3 Å². The van der Waals surface area contributed by atoms with Crippen LogP contribution in [0.5, 0.6) is 0 Å². The topological polar surface area (TPSA) is 67.4 Å². The first-order valence-electron chi connectivity index (χ1n) is 4.38. The van der Waals surface area contributed by atoms with Gasteiger partial charge in [-0.05, 0) is 6.92 Å². The minimum atomic E-state index is -0.276. The molecule has 1 aliphatic rings. The van der Waals surface area contributed by atoms with Crippen molar-refractivity contribution in [1.82, 2.24) is 10.6 Å². The molecule has 0 aromatic heterocycles. The monoisotopic (exact) mass is 186 g/mol. The van der Waals surface area contributed by atoms with Crippen molar-refractivity contribution < 1.29 is 14.3 Å². The molecule has 13 heavy (non-hydrogen) atoms. The maximum Gasteiger partial charge on any atom is 0.319 e. The van der Waals surface area contributed by atoms with Gasteiger partial charge in [0.1, 0.15) is 0 Å². The van der Waals surface area contributed by atoms with E-state index in [1.165, 1.54) is 0 Å². The first-order valence-corrected chi connectivity index (χ1v) is 4.38. The fourth-order valence-corrected chi connectivity index (χ4v) is 1.19. The van der Waals surface area contributed by atoms with Crippen LogP contribution in [0.2, 0.25) is 0 Å². The normalized spacial score (nSPS) is 21.3. The Bertz CT molecular complexity index is 206. The zero-order valence-electron chi connectivity index (χ0n) is 7.63. The second kappa shape index (κ2) is 4.81. The van der Waals surface area contributed by atoms with Gasteiger partial charge in [0, 0.05) is 19.0 Å². The lowest BCUT2D eigenvalue weighted by Gasteiger charge is -2.08. The van der Waals surface area contributed by atoms with Gasteiger partial charge < -0.3 is 15.4 Å². The number of nitrogens with one attached hydrogen (secondary N) is 2. The second-order valence-electron chi connectivity index (χ2n) is 2.89. The van der Waals surface area contributed by atoms with E-state index >= 15 is 0 Å². The number of ether oxygens (including phenoxy) is 1. The van der Waals surface area contributed by atoms with Crippen molar-refractivity contribution in [1.29, 1.82) is 0 Å². The van der Waals surface area contributed by atoms with Crippen LogP contribution in [0.15, 0.2) is 0 Å². The highest BCUT2D eigenvalue weighted by molar-refractivity contribution is 5.79. The Morgan fingerprint density at radius 1 is 1.77 bits per heavy atom. The lowest BCUT2D eigenvalue weighted by molar-refractivity contribution is -0.142. The van der Waals surface area contributed by atoms with Crippen LogP contribution in [0.4, 0.5) is 0 Å². The average Bonchev–Trinajstić information content (AvgIpc) is 2.49. The van der Waals surface area contributed by atoms with E-state index in [1.54, 1.807) is 6.92 Å². The van der Waals surface area contributed by atoms with E-state index in [4.69, 9.17) is 4.74 Å². The standard InChI is InChI=1S/C8H14N2O3/c1-2-13-8(12)5-9-6-3-7(11)10-4-6/h6,9H,2-5H2,1H3,(H,10,11). The number of carbonyl (C=O) groups excluding carboxylic acids is 2. The molecule has 0 aliphatic carbocycles. The summed E-state index contributed by atoms with van der Waals surface area (Å²) in [5.41, 5.74) is 0. The van der Waals surface area contributed by atoms with Gasteiger partial charge in [0.25, 0.3) is 0 Å². The van der Waals surface area contributed by atoms with Crippen LogP contribution >= 0.6 is 0 Å². The molecule has 0 saturated carbocycles. The van der Waals surface area contributed by atoms with Crippen LogP contribution in [-0.2, 0) is 14.3 Å². The molecule has 1 atom stereocenters. The van der Waals surface area contributed by atoms with Gasteiger partial charge in [-0.1, -0.05) is 0 Å². The summed E-state index contributed by atoms with van der Waals surface area (Å²) in [5, 5.41) is 5.61. The van der Waals surface area contributed by atoms with Gasteiger partial charge in [-0.25, -0.2) is 0 Å². The molecule has 5 heteroatoms. The zero-order chi connectivity index (χ0) is 9.68. The third-order valence-corrected chi connectivity index (χ3v) is 1.82. The van der Waals surface area contributed by atoms with E-state index in [-0.39, 0.29) is 24.5 Å². The van der Waals surface area contributed by atoms with Crippen molar-refractivity contribution >= 4 is 11.9 Å². The first-order chi connectivity index (χ1) is 6.22. The number of hydrogen-bond donors (Lipinski definition) is 2. The van der Waals surface area contributed by atoms with Gasteiger partial charge in [-0.15, -0.1) is 0 Å². The molecule has 74 valence electrons. The van der Waals surface area contributed by atoms with Gasteiger partial charge in [0.15, 0.2) is 0 Å². The van der Waals surface area contributed by atoms with Crippen molar-refractivity contribution in [2.75, 3.05) is 19.7 Å². The van der Waals surface area contributed by atoms with Gasteiger partial charge in [-0.2, -0.15) is 0 Å². The number of carbonyl (C=O) groups is 2. The Labute approximate surface area is 76.8 Å². The lowest BCUT2D eigenvalue weighted by atomic mass is 10.2. The Hall–Kier alpha value is -1.10. The van der Waals surface area contributed by atoms with E-state index < -0.39 is 0 Å². The summed E-state index contributed by atoms with van der Waals surface area (Å²) in [6, 6.07) is 0.0666. The highest BCUT2D eigenvalue weighted by Gasteiger charge is 2.21. The van der Waals surface area contributed by atoms with Gasteiger partial charge in [-0.3, -0.25) is 9.59 Å². The molecule has 1 unspecified atom stereocenters. The molecule has 1 heterocycles. The molecule has 2 N–H and O–H groups in total. The minimum absolute atomic E-state index is 0.0290. The quantitative estimate of drug-likeness (QED) is 0.554. The minimum Gasteiger partial charge on any atom is -0.465 e. The third-order valence-electron chi connectivity index (χ3n) is 1.82. The molecule has 5 nitrogen and oxygen atoms in total. The highest BCUT2D eigenvalue weighted by atomic mass is 16.5. The van der Waals surface area contributed by atoms with Crippen molar-refractivity contribution in [3.05, 3.63) is 0 Å². The fraction of sp³-hybridized carbons (Fsp3) is 0.750. The average molecular weight is 186 g/mol. The summed E-state index contributed by atoms with van der Waals surface area (Å²) in [6.07, 6.45) is 0.444. The van der Waals surface area contributed by atoms with Crippen molar-refractivity contribution in [3.63, 3.8) is 0 Å². The number of hydrogen-bond acceptors (Lipinski definition) is 4. The number of amides is 1. The molecule has 0 aromatic carbocycles. The molecular formula is C8H14N2O3. The van der Waals surface area contributed by atoms with E-state index in [0.29, 0.717) is 19.6 Å². The molecule has 0 bridgehead atoms. The second-order valence-corrected chi connectivity index (χ2v) is 2.89. The predicted octanol–water partition coefficient (Wildman–Crippen LogP) is -0.972. The summed E-state index contributed by atoms with van der Waals surface area (Å²) in [4.78, 5) is 21.6. The maximum absolute atomic E-state index is 10.9. The molecule has 0 spiro atoms. The van der Waals surface area contributed by atoms with Crippen molar-refractivity contribution in [2.45, 2.75) is 19.4 Å². The molecule has 1 rings (SSSR count). The predicted molar refractivity (Wildman–Crippen MR) is 46.1 cm³/mol. The Balaban J connectivity index is 2.12. The van der Waals surface area contributed by atoms with E-state index in [0.717, 1.165) is 0 Å². The van der Waals surface area contributed by atoms with E-state index in [2.05, 4.69) is 10.6 Å². The highest BCUT2D eigenvalue weighted by Crippen LogP contribution is 1.97. The molecule has 1 fully saturated rings. The largest absolute Gasteiger partial charge is 0.465 e. The Kier molecular flexibility index (Phi) is 3.70. The smallest absolute Gasteiger partial charge is 0.319 e. The van der Waals surface area contributed by atoms with Crippen LogP contribution in [0, 0.1) is 0 Å². The van der Waals surface area contributed by atoms with Crippen LogP contribution in [0.25, 0.3) is 0 Å². The van der Waals surface area contributed by atoms with Crippen molar-refractivity contribution in [3.8, 4) is 0 Å². The molecular weight excluding hydrogens is 172 g/mol. The van der Waals surface area contributed by atoms with Gasteiger partial charge >= 0.3 is 5.97 Å². The number of esters is 1. The fourth-order valence-electron chi connectivity index (χ4n) is 1.19. The summed E-state index contributed by atoms with van der Waals surface area (Å²) in [6.45, 7) is 2.92. The Morgan fingerprint density at radius 2 is 2.54 bits per heavy atom.